The summed E-state index contributed by atoms with van der Waals surface area (Å²) >= 11 is 0. The number of carbonyl (C=O) groups is 1. The first-order valence-electron chi connectivity index (χ1n) is 8.68. The van der Waals surface area contributed by atoms with E-state index < -0.39 is 29.0 Å². The number of aryl methyl sites for hydroxylation is 1. The van der Waals surface area contributed by atoms with Crippen molar-refractivity contribution in [1.82, 2.24) is 9.97 Å². The van der Waals surface area contributed by atoms with Gasteiger partial charge in [-0.15, -0.1) is 0 Å². The summed E-state index contributed by atoms with van der Waals surface area (Å²) in [5.41, 5.74) is 1.65. The van der Waals surface area contributed by atoms with Crippen molar-refractivity contribution in [1.29, 1.82) is 0 Å². The van der Waals surface area contributed by atoms with Gasteiger partial charge in [0, 0.05) is 18.4 Å². The van der Waals surface area contributed by atoms with Crippen LogP contribution in [0, 0.1) is 17.5 Å². The monoisotopic (exact) mass is 384 g/mol. The van der Waals surface area contributed by atoms with Crippen molar-refractivity contribution in [3.8, 4) is 0 Å². The molecule has 0 saturated heterocycles. The number of hydrogen-bond donors (Lipinski definition) is 1. The van der Waals surface area contributed by atoms with Gasteiger partial charge in [-0.05, 0) is 42.7 Å². The van der Waals surface area contributed by atoms with Gasteiger partial charge in [0.05, 0.1) is 5.69 Å². The molecular formula is C20H15F3N4O. The van der Waals surface area contributed by atoms with Crippen LogP contribution in [-0.2, 0) is 6.42 Å². The van der Waals surface area contributed by atoms with Crippen molar-refractivity contribution in [3.05, 3.63) is 77.4 Å². The zero-order valence-corrected chi connectivity index (χ0v) is 14.6. The van der Waals surface area contributed by atoms with Gasteiger partial charge in [-0.2, -0.15) is 0 Å². The fraction of sp³-hybridized carbons (Fsp3) is 0.150. The van der Waals surface area contributed by atoms with E-state index in [0.717, 1.165) is 36.2 Å². The Balaban J connectivity index is 1.61. The lowest BCUT2D eigenvalue weighted by Crippen LogP contribution is -2.27. The summed E-state index contributed by atoms with van der Waals surface area (Å²) in [6.45, 7) is 0.694. The number of fused-ring (bicyclic) bond motifs is 1. The third kappa shape index (κ3) is 3.28. The Morgan fingerprint density at radius 3 is 2.71 bits per heavy atom. The number of nitrogens with zero attached hydrogens (tertiary/aromatic N) is 3. The number of hydrogen-bond acceptors (Lipinski definition) is 4. The quantitative estimate of drug-likeness (QED) is 0.687. The summed E-state index contributed by atoms with van der Waals surface area (Å²) in [5.74, 6) is -4.85. The van der Waals surface area contributed by atoms with Crippen LogP contribution in [-0.4, -0.2) is 22.4 Å². The van der Waals surface area contributed by atoms with Crippen LogP contribution in [0.2, 0.25) is 0 Å². The summed E-state index contributed by atoms with van der Waals surface area (Å²) in [6, 6.07) is 10.9. The molecule has 0 unspecified atom stereocenters. The second-order valence-electron chi connectivity index (χ2n) is 6.30. The third-order valence-electron chi connectivity index (χ3n) is 4.51. The standard InChI is InChI=1S/C20H15F3N4O/c21-13-7-8-14(18(23)17(13)22)25-19(28)15-9-10-24-20(26-15)27-11-3-5-12-4-1-2-6-16(12)27/h1-2,4,6-10H,3,5,11H2,(H,25,28). The molecular weight excluding hydrogens is 369 g/mol. The van der Waals surface area contributed by atoms with E-state index >= 15 is 0 Å². The highest BCUT2D eigenvalue weighted by Crippen LogP contribution is 2.31. The average molecular weight is 384 g/mol. The minimum atomic E-state index is -1.65. The zero-order valence-electron chi connectivity index (χ0n) is 14.6. The van der Waals surface area contributed by atoms with E-state index in [1.54, 1.807) is 0 Å². The lowest BCUT2D eigenvalue weighted by Gasteiger charge is -2.29. The molecule has 0 radical (unpaired) electrons. The van der Waals surface area contributed by atoms with Crippen LogP contribution in [0.5, 0.6) is 0 Å². The maximum Gasteiger partial charge on any atom is 0.274 e. The molecule has 5 nitrogen and oxygen atoms in total. The number of carbonyl (C=O) groups excluding carboxylic acids is 1. The van der Waals surface area contributed by atoms with Crippen LogP contribution >= 0.6 is 0 Å². The first-order chi connectivity index (χ1) is 13.5. The molecule has 1 aliphatic heterocycles. The predicted octanol–water partition coefficient (Wildman–Crippen LogP) is 4.23. The van der Waals surface area contributed by atoms with Crippen molar-refractivity contribution in [2.75, 3.05) is 16.8 Å². The molecule has 0 spiro atoms. The topological polar surface area (TPSA) is 58.1 Å². The van der Waals surface area contributed by atoms with E-state index in [4.69, 9.17) is 0 Å². The fourth-order valence-corrected chi connectivity index (χ4v) is 3.16. The lowest BCUT2D eigenvalue weighted by atomic mass is 10.0. The number of nitrogens with one attached hydrogen (secondary N) is 1. The maximum atomic E-state index is 13.8. The van der Waals surface area contributed by atoms with Crippen molar-refractivity contribution >= 4 is 23.2 Å². The van der Waals surface area contributed by atoms with Gasteiger partial charge < -0.3 is 10.2 Å². The molecule has 0 bridgehead atoms. The van der Waals surface area contributed by atoms with Crippen LogP contribution in [0.3, 0.4) is 0 Å². The number of amides is 1. The first kappa shape index (κ1) is 18.0. The van der Waals surface area contributed by atoms with E-state index in [2.05, 4.69) is 15.3 Å². The molecule has 0 fully saturated rings. The number of benzene rings is 2. The van der Waals surface area contributed by atoms with Crippen LogP contribution in [0.4, 0.5) is 30.5 Å². The Hall–Kier alpha value is -3.42. The molecule has 0 saturated carbocycles. The van der Waals surface area contributed by atoms with Crippen LogP contribution in [0.25, 0.3) is 0 Å². The Labute approximate surface area is 158 Å². The molecule has 0 atom stereocenters. The van der Waals surface area contributed by atoms with Crippen LogP contribution in [0.15, 0.2) is 48.7 Å². The maximum absolute atomic E-state index is 13.8. The number of para-hydroxylation sites is 1. The minimum absolute atomic E-state index is 0.0165. The fourth-order valence-electron chi connectivity index (χ4n) is 3.16. The van der Waals surface area contributed by atoms with Crippen molar-refractivity contribution in [2.45, 2.75) is 12.8 Å². The van der Waals surface area contributed by atoms with Crippen molar-refractivity contribution in [3.63, 3.8) is 0 Å². The van der Waals surface area contributed by atoms with E-state index in [1.807, 2.05) is 29.2 Å². The number of halogens is 3. The smallest absolute Gasteiger partial charge is 0.274 e. The van der Waals surface area contributed by atoms with Gasteiger partial charge >= 0.3 is 0 Å². The van der Waals surface area contributed by atoms with Gasteiger partial charge in [0.1, 0.15) is 5.69 Å². The molecule has 8 heteroatoms. The SMILES string of the molecule is O=C(Nc1ccc(F)c(F)c1F)c1ccnc(N2CCCc3ccccc32)n1. The Kier molecular flexibility index (Phi) is 4.68. The van der Waals surface area contributed by atoms with Gasteiger partial charge in [0.2, 0.25) is 5.95 Å². The molecule has 2 heterocycles. The van der Waals surface area contributed by atoms with Gasteiger partial charge in [-0.1, -0.05) is 18.2 Å². The molecule has 28 heavy (non-hydrogen) atoms. The highest BCUT2D eigenvalue weighted by atomic mass is 19.2. The molecule has 2 aromatic carbocycles. The van der Waals surface area contributed by atoms with Crippen molar-refractivity contribution < 1.29 is 18.0 Å². The third-order valence-corrected chi connectivity index (χ3v) is 4.51. The molecule has 4 rings (SSSR count). The Bertz CT molecular complexity index is 1060. The largest absolute Gasteiger partial charge is 0.318 e. The molecule has 142 valence electrons. The van der Waals surface area contributed by atoms with Gasteiger partial charge in [-0.3, -0.25) is 4.79 Å². The second-order valence-corrected chi connectivity index (χ2v) is 6.30. The highest BCUT2D eigenvalue weighted by Gasteiger charge is 2.22. The highest BCUT2D eigenvalue weighted by molar-refractivity contribution is 6.03. The van der Waals surface area contributed by atoms with Gasteiger partial charge in [0.25, 0.3) is 5.91 Å². The zero-order chi connectivity index (χ0) is 19.7. The van der Waals surface area contributed by atoms with Crippen LogP contribution < -0.4 is 10.2 Å². The van der Waals surface area contributed by atoms with Crippen LogP contribution in [0.1, 0.15) is 22.5 Å². The predicted molar refractivity (Wildman–Crippen MR) is 98.1 cm³/mol. The Morgan fingerprint density at radius 2 is 1.86 bits per heavy atom. The average Bonchev–Trinajstić information content (AvgIpc) is 2.74. The molecule has 0 aliphatic carbocycles. The second kappa shape index (κ2) is 7.30. The molecule has 1 aromatic heterocycles. The first-order valence-corrected chi connectivity index (χ1v) is 8.68. The summed E-state index contributed by atoms with van der Waals surface area (Å²) < 4.78 is 40.2. The summed E-state index contributed by atoms with van der Waals surface area (Å²) in [5, 5.41) is 2.21. The van der Waals surface area contributed by atoms with Gasteiger partial charge in [0.15, 0.2) is 17.5 Å². The summed E-state index contributed by atoms with van der Waals surface area (Å²) in [7, 11) is 0. The number of rotatable bonds is 3. The molecule has 3 aromatic rings. The number of anilines is 3. The molecule has 1 aliphatic rings. The summed E-state index contributed by atoms with van der Waals surface area (Å²) in [6.07, 6.45) is 3.29. The minimum Gasteiger partial charge on any atom is -0.318 e. The van der Waals surface area contributed by atoms with E-state index in [1.165, 1.54) is 12.3 Å². The molecule has 1 N–H and O–H groups in total. The van der Waals surface area contributed by atoms with Gasteiger partial charge in [-0.25, -0.2) is 23.1 Å². The van der Waals surface area contributed by atoms with E-state index in [-0.39, 0.29) is 5.69 Å². The number of aromatic nitrogens is 2. The van der Waals surface area contributed by atoms with E-state index in [9.17, 15) is 18.0 Å². The van der Waals surface area contributed by atoms with Crippen molar-refractivity contribution in [2.24, 2.45) is 0 Å². The summed E-state index contributed by atoms with van der Waals surface area (Å²) in [4.78, 5) is 22.9. The molecule has 1 amide bonds. The van der Waals surface area contributed by atoms with E-state index in [0.29, 0.717) is 12.5 Å². The normalized spacial score (nSPS) is 13.2. The Morgan fingerprint density at radius 1 is 1.04 bits per heavy atom. The lowest BCUT2D eigenvalue weighted by molar-refractivity contribution is 0.102.